The van der Waals surface area contributed by atoms with Gasteiger partial charge in [-0.3, -0.25) is 4.79 Å². The molecule has 0 saturated heterocycles. The van der Waals surface area contributed by atoms with Gasteiger partial charge in [0.15, 0.2) is 0 Å². The molecule has 2 aliphatic rings. The van der Waals surface area contributed by atoms with Crippen LogP contribution in [0.1, 0.15) is 65.2 Å². The molecule has 0 heterocycles. The van der Waals surface area contributed by atoms with Crippen molar-refractivity contribution in [2.24, 2.45) is 17.3 Å². The molecular formula is C16H28BrNO. The summed E-state index contributed by atoms with van der Waals surface area (Å²) < 4.78 is 0. The van der Waals surface area contributed by atoms with Crippen molar-refractivity contribution in [1.82, 2.24) is 5.32 Å². The van der Waals surface area contributed by atoms with Gasteiger partial charge in [0.1, 0.15) is 0 Å². The number of rotatable bonds is 3. The lowest BCUT2D eigenvalue weighted by atomic mass is 9.68. The van der Waals surface area contributed by atoms with Crippen LogP contribution in [0.15, 0.2) is 0 Å². The standard InChI is InChI=1S/C16H28BrNO/c1-16(2)9-4-3-8-14(16)15(19)18-11-12-6-5-7-13(17)10-12/h12-14H,3-11H2,1-2H3,(H,18,19). The van der Waals surface area contributed by atoms with Crippen LogP contribution in [-0.4, -0.2) is 17.3 Å². The minimum atomic E-state index is 0.187. The molecule has 3 atom stereocenters. The molecule has 1 amide bonds. The Balaban J connectivity index is 1.80. The van der Waals surface area contributed by atoms with E-state index in [2.05, 4.69) is 35.1 Å². The Kier molecular flexibility index (Phi) is 5.33. The zero-order chi connectivity index (χ0) is 13.9. The number of nitrogens with one attached hydrogen (secondary N) is 1. The molecule has 0 aliphatic heterocycles. The summed E-state index contributed by atoms with van der Waals surface area (Å²) in [7, 11) is 0. The zero-order valence-electron chi connectivity index (χ0n) is 12.4. The fraction of sp³-hybridized carbons (Fsp3) is 0.938. The van der Waals surface area contributed by atoms with Crippen molar-refractivity contribution < 1.29 is 4.79 Å². The highest BCUT2D eigenvalue weighted by Gasteiger charge is 2.37. The topological polar surface area (TPSA) is 29.1 Å². The van der Waals surface area contributed by atoms with Gasteiger partial charge in [0.25, 0.3) is 0 Å². The van der Waals surface area contributed by atoms with Gasteiger partial charge in [-0.1, -0.05) is 49.0 Å². The number of hydrogen-bond acceptors (Lipinski definition) is 1. The van der Waals surface area contributed by atoms with Crippen LogP contribution in [0.2, 0.25) is 0 Å². The molecule has 2 aliphatic carbocycles. The van der Waals surface area contributed by atoms with Crippen molar-refractivity contribution in [2.45, 2.75) is 70.0 Å². The summed E-state index contributed by atoms with van der Waals surface area (Å²) in [5.41, 5.74) is 0.187. The molecule has 3 heteroatoms. The van der Waals surface area contributed by atoms with Crippen molar-refractivity contribution in [1.29, 1.82) is 0 Å². The van der Waals surface area contributed by atoms with Crippen LogP contribution in [0.4, 0.5) is 0 Å². The second-order valence-corrected chi connectivity index (χ2v) is 8.46. The number of carbonyl (C=O) groups is 1. The Bertz CT molecular complexity index is 316. The van der Waals surface area contributed by atoms with Crippen LogP contribution in [0.5, 0.6) is 0 Å². The van der Waals surface area contributed by atoms with Crippen LogP contribution in [0, 0.1) is 17.3 Å². The molecule has 110 valence electrons. The summed E-state index contributed by atoms with van der Waals surface area (Å²) in [4.78, 5) is 13.1. The molecule has 0 radical (unpaired) electrons. The largest absolute Gasteiger partial charge is 0.356 e. The number of hydrogen-bond donors (Lipinski definition) is 1. The van der Waals surface area contributed by atoms with Crippen molar-refractivity contribution in [3.63, 3.8) is 0 Å². The number of carbonyl (C=O) groups excluding carboxylic acids is 1. The first-order valence-electron chi connectivity index (χ1n) is 7.91. The van der Waals surface area contributed by atoms with Crippen molar-refractivity contribution >= 4 is 21.8 Å². The molecule has 0 spiro atoms. The molecule has 0 aromatic heterocycles. The third-order valence-electron chi connectivity index (χ3n) is 5.11. The number of amides is 1. The molecule has 2 fully saturated rings. The molecule has 1 N–H and O–H groups in total. The average Bonchev–Trinajstić information content (AvgIpc) is 2.35. The lowest BCUT2D eigenvalue weighted by Gasteiger charge is -2.38. The first-order chi connectivity index (χ1) is 8.99. The molecule has 0 bridgehead atoms. The van der Waals surface area contributed by atoms with Gasteiger partial charge in [0, 0.05) is 17.3 Å². The molecule has 3 unspecified atom stereocenters. The van der Waals surface area contributed by atoms with Crippen LogP contribution >= 0.6 is 15.9 Å². The number of alkyl halides is 1. The highest BCUT2D eigenvalue weighted by molar-refractivity contribution is 9.09. The van der Waals surface area contributed by atoms with E-state index in [-0.39, 0.29) is 11.3 Å². The maximum absolute atomic E-state index is 12.4. The first-order valence-corrected chi connectivity index (χ1v) is 8.82. The molecule has 0 aromatic carbocycles. The Morgan fingerprint density at radius 3 is 2.68 bits per heavy atom. The van der Waals surface area contributed by atoms with Crippen LogP contribution < -0.4 is 5.32 Å². The van der Waals surface area contributed by atoms with E-state index in [0.717, 1.165) is 13.0 Å². The molecule has 2 saturated carbocycles. The maximum atomic E-state index is 12.4. The Morgan fingerprint density at radius 2 is 2.00 bits per heavy atom. The zero-order valence-corrected chi connectivity index (χ0v) is 14.0. The maximum Gasteiger partial charge on any atom is 0.223 e. The Morgan fingerprint density at radius 1 is 1.21 bits per heavy atom. The lowest BCUT2D eigenvalue weighted by molar-refractivity contribution is -0.130. The summed E-state index contributed by atoms with van der Waals surface area (Å²) >= 11 is 3.72. The molecular weight excluding hydrogens is 302 g/mol. The van der Waals surface area contributed by atoms with E-state index in [4.69, 9.17) is 0 Å². The monoisotopic (exact) mass is 329 g/mol. The quantitative estimate of drug-likeness (QED) is 0.769. The second kappa shape index (κ2) is 6.60. The van der Waals surface area contributed by atoms with Gasteiger partial charge in [-0.25, -0.2) is 0 Å². The van der Waals surface area contributed by atoms with E-state index in [1.807, 2.05) is 0 Å². The van der Waals surface area contributed by atoms with E-state index in [9.17, 15) is 4.79 Å². The summed E-state index contributed by atoms with van der Waals surface area (Å²) in [6.45, 7) is 5.39. The third kappa shape index (κ3) is 4.21. The third-order valence-corrected chi connectivity index (χ3v) is 5.94. The summed E-state index contributed by atoms with van der Waals surface area (Å²) in [5, 5.41) is 3.24. The smallest absolute Gasteiger partial charge is 0.223 e. The van der Waals surface area contributed by atoms with Gasteiger partial charge in [-0.05, 0) is 43.4 Å². The Hall–Kier alpha value is -0.0500. The van der Waals surface area contributed by atoms with E-state index < -0.39 is 0 Å². The highest BCUT2D eigenvalue weighted by Crippen LogP contribution is 2.40. The molecule has 2 nitrogen and oxygen atoms in total. The van der Waals surface area contributed by atoms with Crippen molar-refractivity contribution in [3.8, 4) is 0 Å². The van der Waals surface area contributed by atoms with Crippen LogP contribution in [0.3, 0.4) is 0 Å². The summed E-state index contributed by atoms with van der Waals surface area (Å²) in [6, 6.07) is 0. The van der Waals surface area contributed by atoms with Crippen molar-refractivity contribution in [2.75, 3.05) is 6.54 Å². The van der Waals surface area contributed by atoms with Gasteiger partial charge in [-0.2, -0.15) is 0 Å². The first kappa shape index (κ1) is 15.3. The second-order valence-electron chi connectivity index (χ2n) is 7.16. The fourth-order valence-corrected chi connectivity index (χ4v) is 4.61. The van der Waals surface area contributed by atoms with E-state index in [0.29, 0.717) is 16.7 Å². The van der Waals surface area contributed by atoms with Gasteiger partial charge in [0.05, 0.1) is 0 Å². The summed E-state index contributed by atoms with van der Waals surface area (Å²) in [6.07, 6.45) is 9.85. The normalized spacial score (nSPS) is 34.8. The van der Waals surface area contributed by atoms with Gasteiger partial charge in [-0.15, -0.1) is 0 Å². The lowest BCUT2D eigenvalue weighted by Crippen LogP contribution is -2.43. The SMILES string of the molecule is CC1(C)CCCCC1C(=O)NCC1CCCC(Br)C1. The number of halogens is 1. The van der Waals surface area contributed by atoms with Crippen LogP contribution in [0.25, 0.3) is 0 Å². The van der Waals surface area contributed by atoms with E-state index in [1.54, 1.807) is 0 Å². The highest BCUT2D eigenvalue weighted by atomic mass is 79.9. The minimum Gasteiger partial charge on any atom is -0.356 e. The van der Waals surface area contributed by atoms with Crippen LogP contribution in [-0.2, 0) is 4.79 Å². The molecule has 2 rings (SSSR count). The Labute approximate surface area is 126 Å². The van der Waals surface area contributed by atoms with Crippen molar-refractivity contribution in [3.05, 3.63) is 0 Å². The van der Waals surface area contributed by atoms with Gasteiger partial charge < -0.3 is 5.32 Å². The van der Waals surface area contributed by atoms with Gasteiger partial charge >= 0.3 is 0 Å². The predicted octanol–water partition coefficient (Wildman–Crippen LogP) is 4.27. The fourth-order valence-electron chi connectivity index (χ4n) is 3.76. The van der Waals surface area contributed by atoms with Gasteiger partial charge in [0.2, 0.25) is 5.91 Å². The minimum absolute atomic E-state index is 0.187. The van der Waals surface area contributed by atoms with E-state index >= 15 is 0 Å². The average molecular weight is 330 g/mol. The summed E-state index contributed by atoms with van der Waals surface area (Å²) in [5.74, 6) is 1.21. The molecule has 19 heavy (non-hydrogen) atoms. The predicted molar refractivity (Wildman–Crippen MR) is 83.4 cm³/mol. The van der Waals surface area contributed by atoms with E-state index in [1.165, 1.54) is 44.9 Å². The molecule has 0 aromatic rings.